The van der Waals surface area contributed by atoms with Crippen molar-refractivity contribution in [2.24, 2.45) is 0 Å². The van der Waals surface area contributed by atoms with Crippen molar-refractivity contribution < 1.29 is 0 Å². The maximum absolute atomic E-state index is 4.39. The largest absolute Gasteiger partial charge is 0.367 e. The monoisotopic (exact) mass is 306 g/mol. The molecular weight excluding hydrogens is 296 g/mol. The second-order valence-electron chi connectivity index (χ2n) is 3.82. The summed E-state index contributed by atoms with van der Waals surface area (Å²) in [5, 5.41) is 3.28. The van der Waals surface area contributed by atoms with Crippen LogP contribution in [0.5, 0.6) is 0 Å². The standard InChI is InChI=1S/C11H11BrN6/c12-9-6-18-4-3-15-11(18)10(17-9)14-2-1-8-5-13-7-16-8/h3-7H,1-2H2,(H,13,16)(H,14,17). The molecule has 18 heavy (non-hydrogen) atoms. The van der Waals surface area contributed by atoms with Gasteiger partial charge in [0.25, 0.3) is 0 Å². The lowest BCUT2D eigenvalue weighted by Crippen LogP contribution is -2.08. The molecule has 0 atom stereocenters. The van der Waals surface area contributed by atoms with Gasteiger partial charge in [0.2, 0.25) is 0 Å². The summed E-state index contributed by atoms with van der Waals surface area (Å²) in [6.07, 6.45) is 9.88. The maximum Gasteiger partial charge on any atom is 0.180 e. The number of hydrogen-bond acceptors (Lipinski definition) is 4. The van der Waals surface area contributed by atoms with Crippen LogP contribution in [0, 0.1) is 0 Å². The Morgan fingerprint density at radius 1 is 1.44 bits per heavy atom. The van der Waals surface area contributed by atoms with Gasteiger partial charge in [0.1, 0.15) is 4.60 Å². The van der Waals surface area contributed by atoms with Crippen LogP contribution in [0.2, 0.25) is 0 Å². The van der Waals surface area contributed by atoms with E-state index in [0.29, 0.717) is 0 Å². The summed E-state index contributed by atoms with van der Waals surface area (Å²) in [7, 11) is 0. The number of fused-ring (bicyclic) bond motifs is 1. The van der Waals surface area contributed by atoms with Crippen molar-refractivity contribution in [2.45, 2.75) is 6.42 Å². The second-order valence-corrected chi connectivity index (χ2v) is 4.64. The third kappa shape index (κ3) is 2.21. The number of halogens is 1. The molecule has 6 nitrogen and oxygen atoms in total. The fraction of sp³-hybridized carbons (Fsp3) is 0.182. The van der Waals surface area contributed by atoms with Gasteiger partial charge < -0.3 is 14.7 Å². The van der Waals surface area contributed by atoms with Gasteiger partial charge in [-0.25, -0.2) is 15.0 Å². The van der Waals surface area contributed by atoms with Gasteiger partial charge in [0.15, 0.2) is 11.5 Å². The number of hydrogen-bond donors (Lipinski definition) is 2. The fourth-order valence-electron chi connectivity index (χ4n) is 1.76. The molecule has 3 heterocycles. The maximum atomic E-state index is 4.39. The normalized spacial score (nSPS) is 10.9. The van der Waals surface area contributed by atoms with Crippen molar-refractivity contribution in [1.29, 1.82) is 0 Å². The average Bonchev–Trinajstić information content (AvgIpc) is 2.98. The number of anilines is 1. The molecule has 0 saturated carbocycles. The predicted octanol–water partition coefficient (Wildman–Crippen LogP) is 1.87. The smallest absolute Gasteiger partial charge is 0.180 e. The Morgan fingerprint density at radius 2 is 2.39 bits per heavy atom. The first-order valence-electron chi connectivity index (χ1n) is 5.53. The molecule has 0 bridgehead atoms. The van der Waals surface area contributed by atoms with E-state index in [1.54, 1.807) is 12.5 Å². The van der Waals surface area contributed by atoms with Gasteiger partial charge >= 0.3 is 0 Å². The molecule has 0 unspecified atom stereocenters. The van der Waals surface area contributed by atoms with Crippen LogP contribution in [0.1, 0.15) is 5.69 Å². The van der Waals surface area contributed by atoms with E-state index in [2.05, 4.69) is 41.2 Å². The van der Waals surface area contributed by atoms with Crippen LogP contribution in [0.15, 0.2) is 35.7 Å². The molecule has 0 aliphatic heterocycles. The van der Waals surface area contributed by atoms with Crippen molar-refractivity contribution in [3.05, 3.63) is 41.4 Å². The van der Waals surface area contributed by atoms with E-state index in [1.807, 2.05) is 23.0 Å². The number of aromatic amines is 1. The highest BCUT2D eigenvalue weighted by Crippen LogP contribution is 2.16. The zero-order valence-electron chi connectivity index (χ0n) is 9.47. The molecule has 0 saturated heterocycles. The van der Waals surface area contributed by atoms with Crippen LogP contribution in [-0.2, 0) is 6.42 Å². The van der Waals surface area contributed by atoms with Crippen molar-refractivity contribution in [3.8, 4) is 0 Å². The minimum absolute atomic E-state index is 0.772. The van der Waals surface area contributed by atoms with Crippen molar-refractivity contribution in [1.82, 2.24) is 24.3 Å². The predicted molar refractivity (Wildman–Crippen MR) is 71.5 cm³/mol. The summed E-state index contributed by atoms with van der Waals surface area (Å²) in [5.41, 5.74) is 1.92. The fourth-order valence-corrected chi connectivity index (χ4v) is 2.15. The van der Waals surface area contributed by atoms with Gasteiger partial charge in [-0.15, -0.1) is 0 Å². The van der Waals surface area contributed by atoms with E-state index in [-0.39, 0.29) is 0 Å². The molecule has 2 N–H and O–H groups in total. The van der Waals surface area contributed by atoms with Crippen LogP contribution >= 0.6 is 15.9 Å². The van der Waals surface area contributed by atoms with Gasteiger partial charge in [0, 0.05) is 43.4 Å². The number of nitrogens with one attached hydrogen (secondary N) is 2. The molecule has 0 aromatic carbocycles. The molecule has 0 radical (unpaired) electrons. The van der Waals surface area contributed by atoms with Gasteiger partial charge in [0.05, 0.1) is 6.33 Å². The molecule has 0 amide bonds. The quantitative estimate of drug-likeness (QED) is 0.772. The highest BCUT2D eigenvalue weighted by atomic mass is 79.9. The summed E-state index contributed by atoms with van der Waals surface area (Å²) >= 11 is 3.38. The van der Waals surface area contributed by atoms with Crippen molar-refractivity contribution in [2.75, 3.05) is 11.9 Å². The Bertz CT molecular complexity index is 645. The topological polar surface area (TPSA) is 70.9 Å². The number of aromatic nitrogens is 5. The first kappa shape index (κ1) is 11.2. The first-order valence-corrected chi connectivity index (χ1v) is 6.32. The zero-order valence-corrected chi connectivity index (χ0v) is 11.1. The summed E-state index contributed by atoms with van der Waals surface area (Å²) in [6.45, 7) is 0.772. The van der Waals surface area contributed by atoms with Gasteiger partial charge in [-0.05, 0) is 15.9 Å². The minimum atomic E-state index is 0.772. The Kier molecular flexibility index (Phi) is 2.97. The third-order valence-electron chi connectivity index (χ3n) is 2.59. The molecule has 3 aromatic heterocycles. The lowest BCUT2D eigenvalue weighted by molar-refractivity contribution is 0.961. The molecule has 0 aliphatic rings. The molecular formula is C11H11BrN6. The summed E-state index contributed by atoms with van der Waals surface area (Å²) in [6, 6.07) is 0. The first-order chi connectivity index (χ1) is 8.83. The van der Waals surface area contributed by atoms with Crippen molar-refractivity contribution >= 4 is 27.4 Å². The van der Waals surface area contributed by atoms with Gasteiger partial charge in [-0.1, -0.05) is 0 Å². The van der Waals surface area contributed by atoms with E-state index in [0.717, 1.165) is 34.7 Å². The van der Waals surface area contributed by atoms with E-state index in [4.69, 9.17) is 0 Å². The molecule has 3 rings (SSSR count). The second kappa shape index (κ2) is 4.77. The Balaban J connectivity index is 1.75. The molecule has 0 spiro atoms. The SMILES string of the molecule is Brc1cn2ccnc2c(NCCc2cnc[nH]2)n1. The molecule has 3 aromatic rings. The Hall–Kier alpha value is -1.89. The summed E-state index contributed by atoms with van der Waals surface area (Å²) in [4.78, 5) is 15.7. The average molecular weight is 307 g/mol. The van der Waals surface area contributed by atoms with Crippen LogP contribution in [-0.4, -0.2) is 30.9 Å². The minimum Gasteiger partial charge on any atom is -0.367 e. The van der Waals surface area contributed by atoms with Gasteiger partial charge in [-0.3, -0.25) is 0 Å². The highest BCUT2D eigenvalue weighted by Gasteiger charge is 2.05. The van der Waals surface area contributed by atoms with E-state index in [9.17, 15) is 0 Å². The lowest BCUT2D eigenvalue weighted by atomic mass is 10.3. The van der Waals surface area contributed by atoms with E-state index in [1.165, 1.54) is 0 Å². The van der Waals surface area contributed by atoms with Crippen molar-refractivity contribution in [3.63, 3.8) is 0 Å². The zero-order chi connectivity index (χ0) is 12.4. The molecule has 92 valence electrons. The molecule has 0 aliphatic carbocycles. The lowest BCUT2D eigenvalue weighted by Gasteiger charge is -2.06. The van der Waals surface area contributed by atoms with Gasteiger partial charge in [-0.2, -0.15) is 0 Å². The number of rotatable bonds is 4. The summed E-state index contributed by atoms with van der Waals surface area (Å²) < 4.78 is 2.70. The van der Waals surface area contributed by atoms with Crippen LogP contribution in [0.3, 0.4) is 0 Å². The van der Waals surface area contributed by atoms with Crippen LogP contribution in [0.4, 0.5) is 5.82 Å². The number of imidazole rings is 2. The number of nitrogens with zero attached hydrogens (tertiary/aromatic N) is 4. The Labute approximate surface area is 112 Å². The Morgan fingerprint density at radius 3 is 3.22 bits per heavy atom. The van der Waals surface area contributed by atoms with E-state index < -0.39 is 0 Å². The molecule has 7 heteroatoms. The third-order valence-corrected chi connectivity index (χ3v) is 2.97. The summed E-state index contributed by atoms with van der Waals surface area (Å²) in [5.74, 6) is 0.772. The number of H-pyrrole nitrogens is 1. The van der Waals surface area contributed by atoms with E-state index >= 15 is 0 Å². The van der Waals surface area contributed by atoms with Crippen LogP contribution in [0.25, 0.3) is 5.65 Å². The molecule has 0 fully saturated rings. The van der Waals surface area contributed by atoms with Crippen LogP contribution < -0.4 is 5.32 Å². The highest BCUT2D eigenvalue weighted by molar-refractivity contribution is 9.10.